The molecule has 0 fully saturated rings. The van der Waals surface area contributed by atoms with Gasteiger partial charge in [-0.3, -0.25) is 4.98 Å². The van der Waals surface area contributed by atoms with Crippen LogP contribution in [0.15, 0.2) is 18.5 Å². The Kier molecular flexibility index (Phi) is 4.15. The Morgan fingerprint density at radius 1 is 1.50 bits per heavy atom. The maximum absolute atomic E-state index is 5.78. The number of aromatic nitrogens is 1. The fourth-order valence-corrected chi connectivity index (χ4v) is 1.18. The van der Waals surface area contributed by atoms with Gasteiger partial charge in [0.1, 0.15) is 0 Å². The molecule has 0 bridgehead atoms. The van der Waals surface area contributed by atoms with Crippen molar-refractivity contribution in [3.05, 3.63) is 29.6 Å². The summed E-state index contributed by atoms with van der Waals surface area (Å²) in [7, 11) is 0. The first-order valence-electron chi connectivity index (χ1n) is 4.91. The molecule has 0 saturated carbocycles. The Hall–Kier alpha value is -1.33. The molecule has 1 heterocycles. The Morgan fingerprint density at radius 3 is 2.93 bits per heavy atom. The average molecular weight is 188 g/mol. The molecule has 0 aliphatic heterocycles. The van der Waals surface area contributed by atoms with E-state index in [9.17, 15) is 0 Å². The third kappa shape index (κ3) is 3.59. The van der Waals surface area contributed by atoms with Gasteiger partial charge in [0, 0.05) is 18.0 Å². The third-order valence-electron chi connectivity index (χ3n) is 1.88. The van der Waals surface area contributed by atoms with E-state index in [1.807, 2.05) is 19.2 Å². The Morgan fingerprint density at radius 2 is 2.29 bits per heavy atom. The van der Waals surface area contributed by atoms with E-state index in [1.54, 1.807) is 6.20 Å². The van der Waals surface area contributed by atoms with Gasteiger partial charge in [-0.2, -0.15) is 0 Å². The second-order valence-corrected chi connectivity index (χ2v) is 3.42. The highest BCUT2D eigenvalue weighted by Gasteiger charge is 1.93. The van der Waals surface area contributed by atoms with E-state index < -0.39 is 0 Å². The Labute approximate surface area is 85.5 Å². The van der Waals surface area contributed by atoms with Gasteiger partial charge >= 0.3 is 0 Å². The molecule has 1 rings (SSSR count). The van der Waals surface area contributed by atoms with E-state index in [2.05, 4.69) is 23.7 Å². The smallest absolute Gasteiger partial charge is 0.0668 e. The summed E-state index contributed by atoms with van der Waals surface area (Å²) < 4.78 is 0. The van der Waals surface area contributed by atoms with Crippen LogP contribution in [0.3, 0.4) is 0 Å². The van der Waals surface area contributed by atoms with Crippen LogP contribution in [0, 0.1) is 18.8 Å². The van der Waals surface area contributed by atoms with Crippen LogP contribution in [0.1, 0.15) is 30.9 Å². The summed E-state index contributed by atoms with van der Waals surface area (Å²) in [4.78, 5) is 4.06. The normalized spacial score (nSPS) is 11.6. The van der Waals surface area contributed by atoms with Gasteiger partial charge in [-0.25, -0.2) is 0 Å². The van der Waals surface area contributed by atoms with Gasteiger partial charge in [0.25, 0.3) is 0 Å². The van der Waals surface area contributed by atoms with Crippen LogP contribution >= 0.6 is 0 Å². The minimum Gasteiger partial charge on any atom is -0.318 e. The van der Waals surface area contributed by atoms with Crippen LogP contribution in [0.5, 0.6) is 0 Å². The molecule has 1 aromatic heterocycles. The molecule has 2 N–H and O–H groups in total. The molecule has 0 aliphatic rings. The lowest BCUT2D eigenvalue weighted by atomic mass is 10.1. The fraction of sp³-hybridized carbons (Fsp3) is 0.417. The predicted molar refractivity (Wildman–Crippen MR) is 58.7 cm³/mol. The van der Waals surface area contributed by atoms with Gasteiger partial charge < -0.3 is 5.73 Å². The molecule has 1 atom stereocenters. The zero-order chi connectivity index (χ0) is 10.4. The Balaban J connectivity index is 2.67. The lowest BCUT2D eigenvalue weighted by Crippen LogP contribution is -2.16. The van der Waals surface area contributed by atoms with Crippen molar-refractivity contribution in [2.45, 2.75) is 32.7 Å². The third-order valence-corrected chi connectivity index (χ3v) is 1.88. The van der Waals surface area contributed by atoms with Crippen LogP contribution < -0.4 is 5.73 Å². The predicted octanol–water partition coefficient (Wildman–Crippen LogP) is 1.87. The van der Waals surface area contributed by atoms with Crippen molar-refractivity contribution < 1.29 is 0 Å². The molecule has 2 nitrogen and oxygen atoms in total. The average Bonchev–Trinajstić information content (AvgIpc) is 2.15. The van der Waals surface area contributed by atoms with Crippen molar-refractivity contribution >= 4 is 0 Å². The second-order valence-electron chi connectivity index (χ2n) is 3.42. The quantitative estimate of drug-likeness (QED) is 0.720. The minimum absolute atomic E-state index is 0.0134. The first kappa shape index (κ1) is 10.7. The standard InChI is InChI=1S/C12H16N2/c1-3-4-12(13)6-5-11-7-10(2)8-14-9-11/h7-9,12H,3-4,13H2,1-2H3. The van der Waals surface area contributed by atoms with Gasteiger partial charge in [-0.15, -0.1) is 0 Å². The summed E-state index contributed by atoms with van der Waals surface area (Å²) in [5.41, 5.74) is 7.84. The topological polar surface area (TPSA) is 38.9 Å². The molecule has 0 aromatic carbocycles. The zero-order valence-corrected chi connectivity index (χ0v) is 8.75. The van der Waals surface area contributed by atoms with Crippen molar-refractivity contribution in [1.82, 2.24) is 4.98 Å². The number of nitrogens with two attached hydrogens (primary N) is 1. The van der Waals surface area contributed by atoms with E-state index in [0.29, 0.717) is 0 Å². The number of nitrogens with zero attached hydrogens (tertiary/aromatic N) is 1. The lowest BCUT2D eigenvalue weighted by molar-refractivity contribution is 0.720. The molecular formula is C12H16N2. The molecule has 2 heteroatoms. The lowest BCUT2D eigenvalue weighted by Gasteiger charge is -1.99. The first-order valence-corrected chi connectivity index (χ1v) is 4.91. The molecule has 0 radical (unpaired) electrons. The number of hydrogen-bond donors (Lipinski definition) is 1. The number of hydrogen-bond acceptors (Lipinski definition) is 2. The van der Waals surface area contributed by atoms with Crippen LogP contribution in [0.25, 0.3) is 0 Å². The van der Waals surface area contributed by atoms with E-state index in [0.717, 1.165) is 24.0 Å². The van der Waals surface area contributed by atoms with E-state index >= 15 is 0 Å². The fourth-order valence-electron chi connectivity index (χ4n) is 1.18. The summed E-state index contributed by atoms with van der Waals surface area (Å²) in [6.45, 7) is 4.11. The highest BCUT2D eigenvalue weighted by molar-refractivity contribution is 5.34. The largest absolute Gasteiger partial charge is 0.318 e. The van der Waals surface area contributed by atoms with Gasteiger partial charge in [-0.1, -0.05) is 25.2 Å². The van der Waals surface area contributed by atoms with Crippen LogP contribution in [0.4, 0.5) is 0 Å². The van der Waals surface area contributed by atoms with E-state index in [4.69, 9.17) is 5.73 Å². The monoisotopic (exact) mass is 188 g/mol. The molecule has 1 unspecified atom stereocenters. The highest BCUT2D eigenvalue weighted by atomic mass is 14.6. The summed E-state index contributed by atoms with van der Waals surface area (Å²) in [5.74, 6) is 6.05. The van der Waals surface area contributed by atoms with Crippen molar-refractivity contribution in [3.8, 4) is 11.8 Å². The zero-order valence-electron chi connectivity index (χ0n) is 8.75. The summed E-state index contributed by atoms with van der Waals surface area (Å²) in [6, 6.07) is 2.00. The van der Waals surface area contributed by atoms with Crippen molar-refractivity contribution in [2.75, 3.05) is 0 Å². The SMILES string of the molecule is CCCC(N)C#Cc1cncc(C)c1. The van der Waals surface area contributed by atoms with Gasteiger partial charge in [0.2, 0.25) is 0 Å². The first-order chi connectivity index (χ1) is 6.72. The Bertz CT molecular complexity index is 347. The number of pyridine rings is 1. The van der Waals surface area contributed by atoms with Crippen LogP contribution in [-0.2, 0) is 0 Å². The van der Waals surface area contributed by atoms with Gasteiger partial charge in [-0.05, 0) is 25.0 Å². The highest BCUT2D eigenvalue weighted by Crippen LogP contribution is 1.99. The molecule has 0 amide bonds. The van der Waals surface area contributed by atoms with Crippen molar-refractivity contribution in [2.24, 2.45) is 5.73 Å². The number of aryl methyl sites for hydroxylation is 1. The molecular weight excluding hydrogens is 172 g/mol. The number of rotatable bonds is 2. The van der Waals surface area contributed by atoms with Gasteiger partial charge in [0.15, 0.2) is 0 Å². The van der Waals surface area contributed by atoms with E-state index in [1.165, 1.54) is 0 Å². The second kappa shape index (κ2) is 5.41. The molecule has 14 heavy (non-hydrogen) atoms. The summed E-state index contributed by atoms with van der Waals surface area (Å²) in [5, 5.41) is 0. The molecule has 0 aliphatic carbocycles. The minimum atomic E-state index is -0.0134. The van der Waals surface area contributed by atoms with E-state index in [-0.39, 0.29) is 6.04 Å². The van der Waals surface area contributed by atoms with Crippen molar-refractivity contribution in [1.29, 1.82) is 0 Å². The van der Waals surface area contributed by atoms with Crippen molar-refractivity contribution in [3.63, 3.8) is 0 Å². The molecule has 0 spiro atoms. The molecule has 0 saturated heterocycles. The molecule has 1 aromatic rings. The summed E-state index contributed by atoms with van der Waals surface area (Å²) >= 11 is 0. The maximum Gasteiger partial charge on any atom is 0.0668 e. The molecule has 74 valence electrons. The van der Waals surface area contributed by atoms with Crippen LogP contribution in [-0.4, -0.2) is 11.0 Å². The summed E-state index contributed by atoms with van der Waals surface area (Å²) in [6.07, 6.45) is 5.60. The maximum atomic E-state index is 5.78. The van der Waals surface area contributed by atoms with Gasteiger partial charge in [0.05, 0.1) is 6.04 Å². The van der Waals surface area contributed by atoms with Crippen LogP contribution in [0.2, 0.25) is 0 Å².